The standard InChI is InChI=1S/C14H14N2O/c17-13(14-6-10(14)7-14)15-8-11-5-9-3-1-2-4-12(9)16-11/h1-5,10,16H,6-8H2,(H,15,17). The van der Waals surface area contributed by atoms with Crippen molar-refractivity contribution < 1.29 is 4.79 Å². The smallest absolute Gasteiger partial charge is 0.226 e. The lowest BCUT2D eigenvalue weighted by Gasteiger charge is -2.05. The van der Waals surface area contributed by atoms with Crippen LogP contribution in [0.25, 0.3) is 10.9 Å². The van der Waals surface area contributed by atoms with Gasteiger partial charge in [0.15, 0.2) is 0 Å². The topological polar surface area (TPSA) is 44.9 Å². The molecule has 2 aliphatic carbocycles. The summed E-state index contributed by atoms with van der Waals surface area (Å²) in [5.41, 5.74) is 2.28. The lowest BCUT2D eigenvalue weighted by Crippen LogP contribution is -2.27. The molecular weight excluding hydrogens is 212 g/mol. The predicted molar refractivity (Wildman–Crippen MR) is 65.3 cm³/mol. The lowest BCUT2D eigenvalue weighted by atomic mass is 10.2. The molecule has 2 N–H and O–H groups in total. The van der Waals surface area contributed by atoms with Gasteiger partial charge >= 0.3 is 0 Å². The van der Waals surface area contributed by atoms with E-state index in [2.05, 4.69) is 28.5 Å². The minimum absolute atomic E-state index is 0.0754. The second-order valence-corrected chi connectivity index (χ2v) is 5.33. The Kier molecular flexibility index (Phi) is 1.59. The molecule has 1 aromatic carbocycles. The molecular formula is C14H14N2O. The van der Waals surface area contributed by atoms with Crippen LogP contribution in [-0.4, -0.2) is 10.9 Å². The van der Waals surface area contributed by atoms with Crippen molar-refractivity contribution in [1.29, 1.82) is 0 Å². The van der Waals surface area contributed by atoms with Gasteiger partial charge in [0.05, 0.1) is 12.0 Å². The fourth-order valence-electron chi connectivity index (χ4n) is 2.65. The third-order valence-electron chi connectivity index (χ3n) is 4.16. The van der Waals surface area contributed by atoms with Crippen LogP contribution in [0.4, 0.5) is 0 Å². The van der Waals surface area contributed by atoms with Gasteiger partial charge < -0.3 is 10.3 Å². The van der Waals surface area contributed by atoms with Crippen LogP contribution in [-0.2, 0) is 11.3 Å². The molecule has 86 valence electrons. The van der Waals surface area contributed by atoms with Crippen molar-refractivity contribution in [1.82, 2.24) is 10.3 Å². The monoisotopic (exact) mass is 226 g/mol. The molecule has 17 heavy (non-hydrogen) atoms. The first-order chi connectivity index (χ1) is 8.28. The Bertz CT molecular complexity index is 574. The highest BCUT2D eigenvalue weighted by Crippen LogP contribution is 2.75. The third-order valence-corrected chi connectivity index (χ3v) is 4.16. The Morgan fingerprint density at radius 1 is 1.41 bits per heavy atom. The first kappa shape index (κ1) is 9.28. The van der Waals surface area contributed by atoms with Crippen molar-refractivity contribution in [3.63, 3.8) is 0 Å². The molecule has 2 fully saturated rings. The largest absolute Gasteiger partial charge is 0.357 e. The van der Waals surface area contributed by atoms with Gasteiger partial charge in [-0.05, 0) is 36.3 Å². The highest BCUT2D eigenvalue weighted by Gasteiger charge is 2.74. The fraction of sp³-hybridized carbons (Fsp3) is 0.357. The van der Waals surface area contributed by atoms with E-state index >= 15 is 0 Å². The first-order valence-corrected chi connectivity index (χ1v) is 6.13. The summed E-state index contributed by atoms with van der Waals surface area (Å²) in [7, 11) is 0. The van der Waals surface area contributed by atoms with Crippen LogP contribution in [0, 0.1) is 11.3 Å². The maximum absolute atomic E-state index is 11.8. The van der Waals surface area contributed by atoms with Crippen LogP contribution in [0.3, 0.4) is 0 Å². The molecule has 0 bridgehead atoms. The van der Waals surface area contributed by atoms with Crippen molar-refractivity contribution in [3.8, 4) is 0 Å². The second-order valence-electron chi connectivity index (χ2n) is 5.33. The van der Waals surface area contributed by atoms with Crippen molar-refractivity contribution in [3.05, 3.63) is 36.0 Å². The Morgan fingerprint density at radius 2 is 2.18 bits per heavy atom. The van der Waals surface area contributed by atoms with Crippen LogP contribution < -0.4 is 5.32 Å². The van der Waals surface area contributed by atoms with E-state index in [0.29, 0.717) is 12.5 Å². The van der Waals surface area contributed by atoms with E-state index in [1.165, 1.54) is 5.39 Å². The van der Waals surface area contributed by atoms with Gasteiger partial charge in [0.25, 0.3) is 0 Å². The molecule has 2 aromatic rings. The Labute approximate surface area is 99.2 Å². The SMILES string of the molecule is O=C(NCc1cc2ccccc2[nH]1)C12CC1C2. The Hall–Kier alpha value is -1.77. The van der Waals surface area contributed by atoms with E-state index in [1.807, 2.05) is 12.1 Å². The number of para-hydroxylation sites is 1. The number of carbonyl (C=O) groups excluding carboxylic acids is 1. The van der Waals surface area contributed by atoms with Crippen molar-refractivity contribution in [2.75, 3.05) is 0 Å². The zero-order chi connectivity index (χ0) is 11.5. The molecule has 1 aromatic heterocycles. The van der Waals surface area contributed by atoms with Crippen LogP contribution >= 0.6 is 0 Å². The van der Waals surface area contributed by atoms with E-state index in [0.717, 1.165) is 24.1 Å². The molecule has 0 radical (unpaired) electrons. The Morgan fingerprint density at radius 3 is 2.88 bits per heavy atom. The normalized spacial score (nSPS) is 28.8. The number of aromatic nitrogens is 1. The van der Waals surface area contributed by atoms with Crippen molar-refractivity contribution in [2.24, 2.45) is 11.3 Å². The molecule has 1 heterocycles. The maximum atomic E-state index is 11.8. The molecule has 1 amide bonds. The van der Waals surface area contributed by atoms with E-state index in [4.69, 9.17) is 0 Å². The van der Waals surface area contributed by atoms with Crippen LogP contribution in [0.5, 0.6) is 0 Å². The molecule has 0 unspecified atom stereocenters. The third kappa shape index (κ3) is 1.32. The average molecular weight is 226 g/mol. The van der Waals surface area contributed by atoms with Gasteiger partial charge in [-0.15, -0.1) is 0 Å². The van der Waals surface area contributed by atoms with Crippen LogP contribution in [0.1, 0.15) is 18.5 Å². The van der Waals surface area contributed by atoms with Crippen LogP contribution in [0.2, 0.25) is 0 Å². The van der Waals surface area contributed by atoms with Gasteiger partial charge in [0, 0.05) is 11.2 Å². The number of carbonyl (C=O) groups is 1. The Balaban J connectivity index is 1.49. The second kappa shape index (κ2) is 2.92. The molecule has 3 heteroatoms. The molecule has 0 spiro atoms. The number of benzene rings is 1. The van der Waals surface area contributed by atoms with E-state index in [1.54, 1.807) is 0 Å². The highest BCUT2D eigenvalue weighted by atomic mass is 16.2. The van der Waals surface area contributed by atoms with Gasteiger partial charge in [-0.1, -0.05) is 18.2 Å². The van der Waals surface area contributed by atoms with E-state index < -0.39 is 0 Å². The molecule has 0 saturated heterocycles. The van der Waals surface area contributed by atoms with E-state index in [-0.39, 0.29) is 11.3 Å². The minimum atomic E-state index is 0.0754. The summed E-state index contributed by atoms with van der Waals surface area (Å²) in [4.78, 5) is 15.2. The summed E-state index contributed by atoms with van der Waals surface area (Å²) in [5, 5.41) is 4.23. The first-order valence-electron chi connectivity index (χ1n) is 6.13. The maximum Gasteiger partial charge on any atom is 0.226 e. The molecule has 0 aliphatic heterocycles. The van der Waals surface area contributed by atoms with Gasteiger partial charge in [-0.3, -0.25) is 4.79 Å². The van der Waals surface area contributed by atoms with Crippen LogP contribution in [0.15, 0.2) is 30.3 Å². The van der Waals surface area contributed by atoms with Gasteiger partial charge in [0.2, 0.25) is 5.91 Å². The van der Waals surface area contributed by atoms with Gasteiger partial charge in [0.1, 0.15) is 0 Å². The summed E-state index contributed by atoms with van der Waals surface area (Å²) in [6.45, 7) is 0.613. The summed E-state index contributed by atoms with van der Waals surface area (Å²) in [5.74, 6) is 0.964. The number of hydrogen-bond acceptors (Lipinski definition) is 1. The number of aromatic amines is 1. The molecule has 2 aliphatic rings. The molecule has 4 rings (SSSR count). The highest BCUT2D eigenvalue weighted by molar-refractivity contribution is 5.90. The summed E-state index contributed by atoms with van der Waals surface area (Å²) in [6, 6.07) is 10.3. The zero-order valence-electron chi connectivity index (χ0n) is 9.49. The molecule has 2 saturated carbocycles. The van der Waals surface area contributed by atoms with Gasteiger partial charge in [-0.25, -0.2) is 0 Å². The number of amides is 1. The van der Waals surface area contributed by atoms with Gasteiger partial charge in [-0.2, -0.15) is 0 Å². The number of rotatable bonds is 3. The summed E-state index contributed by atoms with van der Waals surface area (Å²) < 4.78 is 0. The lowest BCUT2D eigenvalue weighted by molar-refractivity contribution is -0.124. The molecule has 3 nitrogen and oxygen atoms in total. The quantitative estimate of drug-likeness (QED) is 0.828. The van der Waals surface area contributed by atoms with Crippen molar-refractivity contribution in [2.45, 2.75) is 19.4 Å². The number of hydrogen-bond donors (Lipinski definition) is 2. The van der Waals surface area contributed by atoms with E-state index in [9.17, 15) is 4.79 Å². The van der Waals surface area contributed by atoms with Crippen molar-refractivity contribution >= 4 is 16.8 Å². The summed E-state index contributed by atoms with van der Waals surface area (Å²) in [6.07, 6.45) is 2.23. The number of nitrogens with one attached hydrogen (secondary N) is 2. The number of fused-ring (bicyclic) bond motifs is 2. The zero-order valence-corrected chi connectivity index (χ0v) is 9.49. The molecule has 0 atom stereocenters. The minimum Gasteiger partial charge on any atom is -0.357 e. The average Bonchev–Trinajstić information content (AvgIpc) is 3.13. The fourth-order valence-corrected chi connectivity index (χ4v) is 2.65. The summed E-state index contributed by atoms with van der Waals surface area (Å²) >= 11 is 0. The number of H-pyrrole nitrogens is 1. The predicted octanol–water partition coefficient (Wildman–Crippen LogP) is 2.19.